The third kappa shape index (κ3) is 12.4. The number of benzene rings is 2. The normalized spacial score (nSPS) is 21.1. The Morgan fingerprint density at radius 2 is 1.73 bits per heavy atom. The fourth-order valence-electron chi connectivity index (χ4n) is 10.4. The molecule has 4 aliphatic heterocycles. The van der Waals surface area contributed by atoms with Crippen LogP contribution < -0.4 is 25.0 Å². The van der Waals surface area contributed by atoms with Crippen molar-refractivity contribution in [3.63, 3.8) is 0 Å². The van der Waals surface area contributed by atoms with Gasteiger partial charge in [-0.25, -0.2) is 37.7 Å². The first-order valence-electron chi connectivity index (χ1n) is 26.7. The lowest BCUT2D eigenvalue weighted by Gasteiger charge is -2.43. The number of aromatic amines is 1. The molecule has 1 amide bonds. The lowest BCUT2D eigenvalue weighted by molar-refractivity contribution is -0.134. The smallest absolute Gasteiger partial charge is 0.237 e. The Bertz CT molecular complexity index is 3190. The maximum atomic E-state index is 14.1. The summed E-state index contributed by atoms with van der Waals surface area (Å²) in [5, 5.41) is 17.2. The number of aromatic nitrogens is 7. The molecule has 0 saturated carbocycles. The number of ketones is 1. The Labute approximate surface area is 458 Å². The molecule has 4 aliphatic rings. The number of anilines is 3. The number of halogens is 1. The van der Waals surface area contributed by atoms with Crippen molar-refractivity contribution in [1.82, 2.24) is 60.0 Å². The van der Waals surface area contributed by atoms with Gasteiger partial charge in [-0.05, 0) is 84.7 Å². The number of sulfone groups is 1. The van der Waals surface area contributed by atoms with Crippen LogP contribution in [0.1, 0.15) is 78.9 Å². The third-order valence-electron chi connectivity index (χ3n) is 15.1. The SMILES string of the molecule is Cc1[nH]nc(Nc2ncnc3cc(OCCN4CCN(c5ncc(OC[C@H]6CN(C[C@H]7CN[C@H](C)CN7CC(=O)N7CCC[C@H]7c7nc(C(=O)c8ccc(F)cc8)cs7)CCO6)cn5)CC4)c(S(=O)(=O)C(C)(C)C)cc23)c1C. The molecule has 4 fully saturated rings. The molecule has 0 spiro atoms. The van der Waals surface area contributed by atoms with Crippen LogP contribution in [0.5, 0.6) is 11.5 Å². The summed E-state index contributed by atoms with van der Waals surface area (Å²) in [6.07, 6.45) is 6.33. The van der Waals surface area contributed by atoms with Crippen LogP contribution in [-0.2, 0) is 19.4 Å². The van der Waals surface area contributed by atoms with Gasteiger partial charge in [0.15, 0.2) is 21.4 Å². The summed E-state index contributed by atoms with van der Waals surface area (Å²) in [6, 6.07) is 8.91. The van der Waals surface area contributed by atoms with E-state index >= 15 is 0 Å². The number of H-pyrrole nitrogens is 1. The van der Waals surface area contributed by atoms with E-state index < -0.39 is 20.4 Å². The number of morpholine rings is 1. The number of carbonyl (C=O) groups excluding carboxylic acids is 2. The zero-order valence-electron chi connectivity index (χ0n) is 45.1. The zero-order valence-corrected chi connectivity index (χ0v) is 46.7. The summed E-state index contributed by atoms with van der Waals surface area (Å²) in [6.45, 7) is 20.3. The zero-order chi connectivity index (χ0) is 54.7. The van der Waals surface area contributed by atoms with E-state index in [-0.39, 0.29) is 53.2 Å². The van der Waals surface area contributed by atoms with Gasteiger partial charge in [-0.2, -0.15) is 5.10 Å². The highest BCUT2D eigenvalue weighted by atomic mass is 32.2. The van der Waals surface area contributed by atoms with E-state index in [1.165, 1.54) is 41.9 Å². The number of hydrogen-bond acceptors (Lipinski definition) is 20. The van der Waals surface area contributed by atoms with Crippen LogP contribution in [0.4, 0.5) is 22.0 Å². The second kappa shape index (κ2) is 23.6. The highest BCUT2D eigenvalue weighted by molar-refractivity contribution is 7.92. The van der Waals surface area contributed by atoms with E-state index in [0.29, 0.717) is 98.0 Å². The molecule has 416 valence electrons. The Hall–Kier alpha value is -6.28. The molecular weight excluding hydrogens is 1040 g/mol. The van der Waals surface area contributed by atoms with Gasteiger partial charge in [-0.1, -0.05) is 0 Å². The summed E-state index contributed by atoms with van der Waals surface area (Å²) >= 11 is 1.39. The van der Waals surface area contributed by atoms with Crippen molar-refractivity contribution in [3.8, 4) is 11.5 Å². The predicted octanol–water partition coefficient (Wildman–Crippen LogP) is 5.21. The van der Waals surface area contributed by atoms with E-state index in [1.807, 2.05) is 18.7 Å². The standard InChI is InChI=1S/C54H69FN14O7S2/c1-34-27-68(30-48(70)69-13-7-8-45(69)52-61-44(32-77-52)49(71)37-9-11-38(55)12-10-37)39(24-56-34)28-66-19-20-74-41(29-66)31-76-40-25-57-53(58-26-40)67-16-14-65(15-17-67)18-21-75-46-23-43-42(22-47(46)78(72,73)54(4,5)6)51(60-33-59-43)62-50-35(2)36(3)63-64-50/h9-12,22-23,25-26,32-34,39,41,45,56H,7-8,13-21,24,27-31H2,1-6H3,(H2,59,60,62,63,64)/t34-,39-,41-,45+/m1/s1. The average Bonchev–Trinajstić information content (AvgIpc) is 4.29. The minimum Gasteiger partial charge on any atom is -0.491 e. The van der Waals surface area contributed by atoms with Crippen LogP contribution >= 0.6 is 11.3 Å². The Balaban J connectivity index is 0.681. The maximum Gasteiger partial charge on any atom is 0.237 e. The van der Waals surface area contributed by atoms with Crippen molar-refractivity contribution >= 4 is 61.4 Å². The van der Waals surface area contributed by atoms with Crippen LogP contribution in [0, 0.1) is 19.7 Å². The van der Waals surface area contributed by atoms with Gasteiger partial charge >= 0.3 is 0 Å². The van der Waals surface area contributed by atoms with Crippen molar-refractivity contribution in [2.24, 2.45) is 0 Å². The van der Waals surface area contributed by atoms with E-state index in [4.69, 9.17) is 14.2 Å². The first kappa shape index (κ1) is 55.1. The molecule has 4 aromatic heterocycles. The Morgan fingerprint density at radius 1 is 0.949 bits per heavy atom. The first-order valence-corrected chi connectivity index (χ1v) is 29.1. The van der Waals surface area contributed by atoms with Gasteiger partial charge in [0.25, 0.3) is 0 Å². The molecule has 6 aromatic rings. The summed E-state index contributed by atoms with van der Waals surface area (Å²) < 4.78 is 59.1. The third-order valence-corrected chi connectivity index (χ3v) is 18.6. The summed E-state index contributed by atoms with van der Waals surface area (Å²) in [7, 11) is -3.83. The number of carbonyl (C=O) groups is 2. The van der Waals surface area contributed by atoms with Crippen molar-refractivity contribution in [2.75, 3.05) is 109 Å². The number of hydrogen-bond donors (Lipinski definition) is 3. The van der Waals surface area contributed by atoms with Gasteiger partial charge in [-0.15, -0.1) is 11.3 Å². The number of nitrogens with one attached hydrogen (secondary N) is 3. The quantitative estimate of drug-likeness (QED) is 0.0939. The molecule has 2 aromatic carbocycles. The number of likely N-dealkylation sites (tertiary alicyclic amines) is 1. The molecule has 0 aliphatic carbocycles. The highest BCUT2D eigenvalue weighted by Gasteiger charge is 2.38. The average molecular weight is 1110 g/mol. The molecule has 0 bridgehead atoms. The summed E-state index contributed by atoms with van der Waals surface area (Å²) in [5.41, 5.74) is 3.07. The minimum atomic E-state index is -3.83. The van der Waals surface area contributed by atoms with Crippen LogP contribution in [0.2, 0.25) is 0 Å². The maximum absolute atomic E-state index is 14.1. The molecule has 0 radical (unpaired) electrons. The fraction of sp³-hybridized carbons (Fsp3) is 0.519. The second-order valence-corrected chi connectivity index (χ2v) is 25.2. The number of aryl methyl sites for hydroxylation is 1. The second-order valence-electron chi connectivity index (χ2n) is 21.6. The predicted molar refractivity (Wildman–Crippen MR) is 294 cm³/mol. The van der Waals surface area contributed by atoms with Crippen LogP contribution in [0.3, 0.4) is 0 Å². The summed E-state index contributed by atoms with van der Waals surface area (Å²) in [5.74, 6) is 1.86. The largest absolute Gasteiger partial charge is 0.491 e. The molecule has 4 saturated heterocycles. The van der Waals surface area contributed by atoms with E-state index in [2.05, 4.69) is 72.3 Å². The van der Waals surface area contributed by atoms with Crippen LogP contribution in [0.15, 0.2) is 65.4 Å². The fourth-order valence-corrected chi connectivity index (χ4v) is 12.6. The van der Waals surface area contributed by atoms with E-state index in [0.717, 1.165) is 68.4 Å². The van der Waals surface area contributed by atoms with E-state index in [1.54, 1.807) is 50.7 Å². The molecule has 0 unspecified atom stereocenters. The first-order chi connectivity index (χ1) is 37.5. The van der Waals surface area contributed by atoms with Crippen molar-refractivity contribution in [1.29, 1.82) is 0 Å². The summed E-state index contributed by atoms with van der Waals surface area (Å²) in [4.78, 5) is 61.2. The lowest BCUT2D eigenvalue weighted by Crippen LogP contribution is -2.61. The van der Waals surface area contributed by atoms with Crippen LogP contribution in [-0.4, -0.2) is 196 Å². The van der Waals surface area contributed by atoms with Gasteiger partial charge in [0.05, 0.1) is 41.9 Å². The van der Waals surface area contributed by atoms with Gasteiger partial charge in [0, 0.05) is 118 Å². The monoisotopic (exact) mass is 1110 g/mol. The lowest BCUT2D eigenvalue weighted by atomic mass is 10.1. The Kier molecular flexibility index (Phi) is 16.6. The van der Waals surface area contributed by atoms with Gasteiger partial charge in [0.2, 0.25) is 17.6 Å². The van der Waals surface area contributed by atoms with Crippen molar-refractivity contribution in [3.05, 3.63) is 93.8 Å². The number of thiazole rings is 1. The number of amides is 1. The number of ether oxygens (including phenoxy) is 3. The molecule has 21 nitrogen and oxygen atoms in total. The molecule has 24 heteroatoms. The number of piperazine rings is 2. The number of rotatable bonds is 18. The molecule has 4 atom stereocenters. The molecular formula is C54H69FN14O7S2. The minimum absolute atomic E-state index is 0.0611. The van der Waals surface area contributed by atoms with Gasteiger partial charge < -0.3 is 34.6 Å². The molecule has 78 heavy (non-hydrogen) atoms. The molecule has 10 rings (SSSR count). The van der Waals surface area contributed by atoms with Gasteiger partial charge in [-0.3, -0.25) is 29.4 Å². The topological polar surface area (TPSA) is 229 Å². The Morgan fingerprint density at radius 3 is 2.47 bits per heavy atom. The van der Waals surface area contributed by atoms with Crippen LogP contribution in [0.25, 0.3) is 10.9 Å². The number of fused-ring (bicyclic) bond motifs is 1. The van der Waals surface area contributed by atoms with E-state index in [9.17, 15) is 22.4 Å². The van der Waals surface area contributed by atoms with Crippen molar-refractivity contribution < 1.29 is 36.6 Å². The van der Waals surface area contributed by atoms with Crippen molar-refractivity contribution in [2.45, 2.75) is 88.3 Å². The highest BCUT2D eigenvalue weighted by Crippen LogP contribution is 2.38. The molecule has 3 N–H and O–H groups in total. The number of nitrogens with zero attached hydrogens (tertiary/aromatic N) is 11. The van der Waals surface area contributed by atoms with Gasteiger partial charge in [0.1, 0.15) is 58.6 Å². The molecule has 8 heterocycles.